The van der Waals surface area contributed by atoms with Crippen LogP contribution < -0.4 is 10.1 Å². The number of carbonyl (C=O) groups is 1. The zero-order chi connectivity index (χ0) is 21.8. The van der Waals surface area contributed by atoms with Crippen molar-refractivity contribution in [2.75, 3.05) is 0 Å². The van der Waals surface area contributed by atoms with Crippen LogP contribution in [-0.2, 0) is 6.54 Å². The zero-order valence-electron chi connectivity index (χ0n) is 17.0. The van der Waals surface area contributed by atoms with Crippen LogP contribution in [0.5, 0.6) is 11.5 Å². The number of nitrogens with one attached hydrogen (secondary N) is 2. The topological polar surface area (TPSA) is 92.8 Å². The number of aromatic amines is 1. The van der Waals surface area contributed by atoms with Gasteiger partial charge in [0.1, 0.15) is 11.5 Å². The normalized spacial score (nSPS) is 10.8. The van der Waals surface area contributed by atoms with Crippen LogP contribution in [0, 0.1) is 0 Å². The minimum absolute atomic E-state index is 0.170. The molecule has 3 aromatic heterocycles. The standard InChI is InChI=1S/C25H19N5O2/c31-25(28-14-17-6-9-26-10-7-17)19-2-1-3-21(12-19)32-24-8-11-27-23-13-18(4-5-22(23)24)20-15-29-30-16-20/h1-13,15-16H,14H2,(H,28,31)(H,29,30). The van der Waals surface area contributed by atoms with Crippen molar-refractivity contribution in [1.82, 2.24) is 25.5 Å². The summed E-state index contributed by atoms with van der Waals surface area (Å²) < 4.78 is 6.13. The van der Waals surface area contributed by atoms with Crippen molar-refractivity contribution >= 4 is 16.8 Å². The number of aromatic nitrogens is 4. The van der Waals surface area contributed by atoms with Crippen molar-refractivity contribution in [3.05, 3.63) is 103 Å². The van der Waals surface area contributed by atoms with Gasteiger partial charge in [-0.05, 0) is 59.7 Å². The van der Waals surface area contributed by atoms with E-state index in [1.54, 1.807) is 43.0 Å². The Hall–Kier alpha value is -4.52. The van der Waals surface area contributed by atoms with Gasteiger partial charge < -0.3 is 10.1 Å². The molecule has 2 N–H and O–H groups in total. The smallest absolute Gasteiger partial charge is 0.251 e. The maximum Gasteiger partial charge on any atom is 0.251 e. The summed E-state index contributed by atoms with van der Waals surface area (Å²) in [6.07, 6.45) is 8.72. The summed E-state index contributed by atoms with van der Waals surface area (Å²) in [7, 11) is 0. The van der Waals surface area contributed by atoms with Crippen LogP contribution in [0.2, 0.25) is 0 Å². The maximum atomic E-state index is 12.6. The summed E-state index contributed by atoms with van der Waals surface area (Å²) in [5.41, 5.74) is 4.33. The van der Waals surface area contributed by atoms with Crippen LogP contribution >= 0.6 is 0 Å². The zero-order valence-corrected chi connectivity index (χ0v) is 17.0. The molecule has 5 rings (SSSR count). The highest BCUT2D eigenvalue weighted by molar-refractivity contribution is 5.94. The third-order valence-electron chi connectivity index (χ3n) is 5.06. The second-order valence-electron chi connectivity index (χ2n) is 7.20. The van der Waals surface area contributed by atoms with E-state index in [-0.39, 0.29) is 5.91 Å². The Morgan fingerprint density at radius 1 is 0.969 bits per heavy atom. The molecule has 0 saturated carbocycles. The Balaban J connectivity index is 1.35. The highest BCUT2D eigenvalue weighted by atomic mass is 16.5. The lowest BCUT2D eigenvalue weighted by Gasteiger charge is -2.11. The molecule has 1 amide bonds. The molecule has 156 valence electrons. The maximum absolute atomic E-state index is 12.6. The third-order valence-corrected chi connectivity index (χ3v) is 5.06. The minimum atomic E-state index is -0.170. The SMILES string of the molecule is O=C(NCc1ccncc1)c1cccc(Oc2ccnc3cc(-c4cn[nH]c4)ccc23)c1. The summed E-state index contributed by atoms with van der Waals surface area (Å²) >= 11 is 0. The molecule has 0 atom stereocenters. The van der Waals surface area contributed by atoms with Crippen molar-refractivity contribution < 1.29 is 9.53 Å². The molecule has 0 aliphatic rings. The van der Waals surface area contributed by atoms with E-state index in [9.17, 15) is 4.79 Å². The number of nitrogens with zero attached hydrogens (tertiary/aromatic N) is 3. The third kappa shape index (κ3) is 4.17. The fourth-order valence-corrected chi connectivity index (χ4v) is 3.41. The molecule has 7 nitrogen and oxygen atoms in total. The quantitative estimate of drug-likeness (QED) is 0.413. The number of benzene rings is 2. The summed E-state index contributed by atoms with van der Waals surface area (Å²) in [4.78, 5) is 21.0. The van der Waals surface area contributed by atoms with Gasteiger partial charge in [0.05, 0.1) is 11.7 Å². The predicted octanol–water partition coefficient (Wildman–Crippen LogP) is 4.74. The van der Waals surface area contributed by atoms with Gasteiger partial charge in [0.15, 0.2) is 0 Å². The average molecular weight is 421 g/mol. The molecule has 0 spiro atoms. The fraction of sp³-hybridized carbons (Fsp3) is 0.0400. The monoisotopic (exact) mass is 421 g/mol. The van der Waals surface area contributed by atoms with Gasteiger partial charge >= 0.3 is 0 Å². The van der Waals surface area contributed by atoms with E-state index in [1.807, 2.05) is 48.7 Å². The Labute approximate surface area is 184 Å². The van der Waals surface area contributed by atoms with Gasteiger partial charge in [0.2, 0.25) is 0 Å². The minimum Gasteiger partial charge on any atom is -0.457 e. The van der Waals surface area contributed by atoms with Gasteiger partial charge in [-0.25, -0.2) is 0 Å². The molecule has 0 radical (unpaired) electrons. The molecule has 0 aliphatic carbocycles. The summed E-state index contributed by atoms with van der Waals surface area (Å²) in [5, 5.41) is 10.6. The van der Waals surface area contributed by atoms with Gasteiger partial charge in [-0.15, -0.1) is 0 Å². The number of ether oxygens (including phenoxy) is 1. The molecule has 0 fully saturated rings. The fourth-order valence-electron chi connectivity index (χ4n) is 3.41. The Morgan fingerprint density at radius 2 is 1.88 bits per heavy atom. The van der Waals surface area contributed by atoms with Gasteiger partial charge in [-0.1, -0.05) is 12.1 Å². The van der Waals surface area contributed by atoms with Crippen molar-refractivity contribution in [3.8, 4) is 22.6 Å². The molecular formula is C25H19N5O2. The van der Waals surface area contributed by atoms with Crippen LogP contribution in [-0.4, -0.2) is 26.1 Å². The van der Waals surface area contributed by atoms with Crippen LogP contribution in [0.25, 0.3) is 22.0 Å². The summed E-state index contributed by atoms with van der Waals surface area (Å²) in [5.74, 6) is 1.08. The number of fused-ring (bicyclic) bond motifs is 1. The summed E-state index contributed by atoms with van der Waals surface area (Å²) in [6, 6.07) is 18.6. The second kappa shape index (κ2) is 8.69. The first-order valence-corrected chi connectivity index (χ1v) is 10.1. The molecule has 32 heavy (non-hydrogen) atoms. The molecule has 0 aliphatic heterocycles. The molecule has 7 heteroatoms. The first-order chi connectivity index (χ1) is 15.8. The lowest BCUT2D eigenvalue weighted by molar-refractivity contribution is 0.0950. The highest BCUT2D eigenvalue weighted by Gasteiger charge is 2.10. The molecule has 2 aromatic carbocycles. The van der Waals surface area contributed by atoms with E-state index < -0.39 is 0 Å². The van der Waals surface area contributed by atoms with Crippen LogP contribution in [0.1, 0.15) is 15.9 Å². The van der Waals surface area contributed by atoms with E-state index in [2.05, 4.69) is 25.5 Å². The van der Waals surface area contributed by atoms with E-state index in [0.29, 0.717) is 23.6 Å². The molecular weight excluding hydrogens is 402 g/mol. The summed E-state index contributed by atoms with van der Waals surface area (Å²) in [6.45, 7) is 0.431. The first kappa shape index (κ1) is 19.4. The van der Waals surface area contributed by atoms with Crippen LogP contribution in [0.15, 0.2) is 91.6 Å². The Bertz CT molecular complexity index is 1370. The van der Waals surface area contributed by atoms with Gasteiger partial charge in [0.25, 0.3) is 5.91 Å². The number of rotatable bonds is 6. The van der Waals surface area contributed by atoms with Crippen molar-refractivity contribution in [2.45, 2.75) is 6.54 Å². The molecule has 3 heterocycles. The van der Waals surface area contributed by atoms with E-state index in [1.165, 1.54) is 0 Å². The number of carbonyl (C=O) groups excluding carboxylic acids is 1. The molecule has 5 aromatic rings. The second-order valence-corrected chi connectivity index (χ2v) is 7.20. The van der Waals surface area contributed by atoms with Crippen LogP contribution in [0.4, 0.5) is 0 Å². The number of hydrogen-bond acceptors (Lipinski definition) is 5. The largest absolute Gasteiger partial charge is 0.457 e. The number of hydrogen-bond donors (Lipinski definition) is 2. The average Bonchev–Trinajstić information content (AvgIpc) is 3.38. The number of amides is 1. The first-order valence-electron chi connectivity index (χ1n) is 10.1. The number of H-pyrrole nitrogens is 1. The van der Waals surface area contributed by atoms with Crippen molar-refractivity contribution in [1.29, 1.82) is 0 Å². The van der Waals surface area contributed by atoms with E-state index in [0.717, 1.165) is 27.6 Å². The van der Waals surface area contributed by atoms with E-state index in [4.69, 9.17) is 4.74 Å². The lowest BCUT2D eigenvalue weighted by Crippen LogP contribution is -2.22. The predicted molar refractivity (Wildman–Crippen MR) is 121 cm³/mol. The van der Waals surface area contributed by atoms with Crippen molar-refractivity contribution in [2.24, 2.45) is 0 Å². The molecule has 0 saturated heterocycles. The lowest BCUT2D eigenvalue weighted by atomic mass is 10.1. The number of pyridine rings is 2. The van der Waals surface area contributed by atoms with Crippen molar-refractivity contribution in [3.63, 3.8) is 0 Å². The molecule has 0 unspecified atom stereocenters. The Morgan fingerprint density at radius 3 is 2.72 bits per heavy atom. The van der Waals surface area contributed by atoms with Crippen LogP contribution in [0.3, 0.4) is 0 Å². The molecule has 0 bridgehead atoms. The van der Waals surface area contributed by atoms with E-state index >= 15 is 0 Å². The van der Waals surface area contributed by atoms with Gasteiger partial charge in [-0.3, -0.25) is 19.9 Å². The van der Waals surface area contributed by atoms with Gasteiger partial charge in [-0.2, -0.15) is 5.10 Å². The Kier molecular flexibility index (Phi) is 5.28. The highest BCUT2D eigenvalue weighted by Crippen LogP contribution is 2.31. The van der Waals surface area contributed by atoms with Gasteiger partial charge in [0, 0.05) is 47.8 Å².